The topological polar surface area (TPSA) is 79.2 Å². The average molecular weight is 348 g/mol. The first-order valence-electron chi connectivity index (χ1n) is 8.42. The first-order valence-corrected chi connectivity index (χ1v) is 9.90. The van der Waals surface area contributed by atoms with Crippen LogP contribution in [0, 0.1) is 11.3 Å². The molecule has 0 aliphatic heterocycles. The Kier molecular flexibility index (Phi) is 6.83. The van der Waals surface area contributed by atoms with Crippen molar-refractivity contribution in [2.24, 2.45) is 0 Å². The summed E-state index contributed by atoms with van der Waals surface area (Å²) < 4.78 is 32.3. The SMILES string of the molecule is CCCCCCOc1ccc(/C=C(/C#N)S(=O)(=O)NC2CC2)cc1. The van der Waals surface area contributed by atoms with Crippen molar-refractivity contribution in [1.82, 2.24) is 4.72 Å². The first kappa shape index (κ1) is 18.5. The number of nitrogens with zero attached hydrogens (tertiary/aromatic N) is 1. The molecule has 0 unspecified atom stereocenters. The third-order valence-electron chi connectivity index (χ3n) is 3.74. The van der Waals surface area contributed by atoms with Crippen LogP contribution in [-0.4, -0.2) is 21.1 Å². The minimum Gasteiger partial charge on any atom is -0.494 e. The van der Waals surface area contributed by atoms with Crippen LogP contribution in [0.4, 0.5) is 0 Å². The maximum atomic E-state index is 12.1. The molecule has 1 aromatic rings. The molecule has 130 valence electrons. The van der Waals surface area contributed by atoms with Gasteiger partial charge in [-0.2, -0.15) is 5.26 Å². The Morgan fingerprint density at radius 3 is 2.58 bits per heavy atom. The van der Waals surface area contributed by atoms with Crippen molar-refractivity contribution < 1.29 is 13.2 Å². The summed E-state index contributed by atoms with van der Waals surface area (Å²) in [6.07, 6.45) is 7.65. The number of ether oxygens (including phenoxy) is 1. The number of allylic oxidation sites excluding steroid dienone is 1. The highest BCUT2D eigenvalue weighted by atomic mass is 32.2. The molecular formula is C18H24N2O3S. The van der Waals surface area contributed by atoms with Crippen molar-refractivity contribution in [3.8, 4) is 11.8 Å². The van der Waals surface area contributed by atoms with Crippen molar-refractivity contribution in [3.05, 3.63) is 34.7 Å². The maximum Gasteiger partial charge on any atom is 0.250 e. The molecule has 0 saturated heterocycles. The van der Waals surface area contributed by atoms with Crippen LogP contribution in [0.25, 0.3) is 6.08 Å². The van der Waals surface area contributed by atoms with Crippen LogP contribution >= 0.6 is 0 Å². The zero-order chi connectivity index (χ0) is 17.4. The molecule has 0 aromatic heterocycles. The van der Waals surface area contributed by atoms with Gasteiger partial charge in [-0.05, 0) is 43.0 Å². The van der Waals surface area contributed by atoms with Gasteiger partial charge in [0.15, 0.2) is 4.91 Å². The van der Waals surface area contributed by atoms with Crippen molar-refractivity contribution in [2.45, 2.75) is 51.5 Å². The Morgan fingerprint density at radius 1 is 1.29 bits per heavy atom. The fraction of sp³-hybridized carbons (Fsp3) is 0.500. The number of hydrogen-bond acceptors (Lipinski definition) is 4. The minimum absolute atomic E-state index is 0.0183. The normalized spacial score (nSPS) is 15.1. The number of nitriles is 1. The molecule has 0 amide bonds. The summed E-state index contributed by atoms with van der Waals surface area (Å²) in [5.74, 6) is 0.751. The zero-order valence-corrected chi connectivity index (χ0v) is 14.8. The van der Waals surface area contributed by atoms with Gasteiger partial charge in [-0.1, -0.05) is 38.3 Å². The maximum absolute atomic E-state index is 12.1. The molecule has 6 heteroatoms. The minimum atomic E-state index is -3.72. The third kappa shape index (κ3) is 5.99. The molecule has 5 nitrogen and oxygen atoms in total. The van der Waals surface area contributed by atoms with Gasteiger partial charge in [-0.25, -0.2) is 13.1 Å². The average Bonchev–Trinajstić information content (AvgIpc) is 3.36. The van der Waals surface area contributed by atoms with E-state index in [-0.39, 0.29) is 10.9 Å². The third-order valence-corrected chi connectivity index (χ3v) is 5.18. The lowest BCUT2D eigenvalue weighted by molar-refractivity contribution is 0.305. The van der Waals surface area contributed by atoms with Gasteiger partial charge in [0, 0.05) is 6.04 Å². The van der Waals surface area contributed by atoms with Gasteiger partial charge >= 0.3 is 0 Å². The number of hydrogen-bond donors (Lipinski definition) is 1. The van der Waals surface area contributed by atoms with Crippen molar-refractivity contribution >= 4 is 16.1 Å². The monoisotopic (exact) mass is 348 g/mol. The quantitative estimate of drug-likeness (QED) is 0.517. The number of benzene rings is 1. The van der Waals surface area contributed by atoms with Crippen LogP contribution in [0.5, 0.6) is 5.75 Å². The van der Waals surface area contributed by atoms with E-state index in [1.54, 1.807) is 30.3 Å². The van der Waals surface area contributed by atoms with Crippen molar-refractivity contribution in [3.63, 3.8) is 0 Å². The van der Waals surface area contributed by atoms with Crippen LogP contribution < -0.4 is 9.46 Å². The molecule has 0 heterocycles. The fourth-order valence-electron chi connectivity index (χ4n) is 2.18. The Balaban J connectivity index is 1.94. The number of unbranched alkanes of at least 4 members (excludes halogenated alkanes) is 3. The highest BCUT2D eigenvalue weighted by Gasteiger charge is 2.29. The van der Waals surface area contributed by atoms with Gasteiger partial charge in [-0.15, -0.1) is 0 Å². The van der Waals surface area contributed by atoms with E-state index in [1.165, 1.54) is 18.9 Å². The second-order valence-corrected chi connectivity index (χ2v) is 7.68. The van der Waals surface area contributed by atoms with Gasteiger partial charge < -0.3 is 4.74 Å². The highest BCUT2D eigenvalue weighted by molar-refractivity contribution is 7.93. The molecule has 0 spiro atoms. The van der Waals surface area contributed by atoms with Crippen molar-refractivity contribution in [2.75, 3.05) is 6.61 Å². The van der Waals surface area contributed by atoms with Crippen LogP contribution in [0.15, 0.2) is 29.2 Å². The number of rotatable bonds is 10. The van der Waals surface area contributed by atoms with E-state index in [1.807, 2.05) is 0 Å². The lowest BCUT2D eigenvalue weighted by Gasteiger charge is -2.07. The summed E-state index contributed by atoms with van der Waals surface area (Å²) in [4.78, 5) is -0.261. The predicted molar refractivity (Wildman–Crippen MR) is 94.7 cm³/mol. The molecule has 0 radical (unpaired) electrons. The largest absolute Gasteiger partial charge is 0.494 e. The fourth-order valence-corrected chi connectivity index (χ4v) is 3.40. The molecule has 1 aromatic carbocycles. The predicted octanol–water partition coefficient (Wildman–Crippen LogP) is 3.59. The van der Waals surface area contributed by atoms with E-state index in [4.69, 9.17) is 10.00 Å². The second kappa shape index (κ2) is 8.86. The molecule has 0 atom stereocenters. The lowest BCUT2D eigenvalue weighted by Crippen LogP contribution is -2.26. The standard InChI is InChI=1S/C18H24N2O3S/c1-2-3-4-5-12-23-17-10-6-15(7-11-17)13-18(14-19)24(21,22)20-16-8-9-16/h6-7,10-11,13,16,20H,2-5,8-9,12H2,1H3/b18-13-. The molecule has 2 rings (SSSR count). The molecule has 1 aliphatic carbocycles. The van der Waals surface area contributed by atoms with Crippen LogP contribution in [-0.2, 0) is 10.0 Å². The molecule has 1 saturated carbocycles. The van der Waals surface area contributed by atoms with Crippen LogP contribution in [0.2, 0.25) is 0 Å². The first-order chi connectivity index (χ1) is 11.5. The van der Waals surface area contributed by atoms with Crippen LogP contribution in [0.3, 0.4) is 0 Å². The van der Waals surface area contributed by atoms with Crippen LogP contribution in [0.1, 0.15) is 51.0 Å². The highest BCUT2D eigenvalue weighted by Crippen LogP contribution is 2.22. The van der Waals surface area contributed by atoms with E-state index < -0.39 is 10.0 Å². The Morgan fingerprint density at radius 2 is 2.00 bits per heavy atom. The smallest absolute Gasteiger partial charge is 0.250 e. The summed E-state index contributed by atoms with van der Waals surface area (Å²) in [7, 11) is -3.72. The van der Waals surface area contributed by atoms with Gasteiger partial charge in [0.1, 0.15) is 11.8 Å². The molecular weight excluding hydrogens is 324 g/mol. The second-order valence-electron chi connectivity index (χ2n) is 5.99. The molecule has 0 bridgehead atoms. The Bertz CT molecular complexity index is 699. The number of nitrogens with one attached hydrogen (secondary N) is 1. The summed E-state index contributed by atoms with van der Waals surface area (Å²) in [6.45, 7) is 2.85. The van der Waals surface area contributed by atoms with Gasteiger partial charge in [0.05, 0.1) is 6.61 Å². The van der Waals surface area contributed by atoms with Crippen molar-refractivity contribution in [1.29, 1.82) is 5.26 Å². The van der Waals surface area contributed by atoms with E-state index in [0.717, 1.165) is 31.4 Å². The van der Waals surface area contributed by atoms with Gasteiger partial charge in [0.2, 0.25) is 0 Å². The van der Waals surface area contributed by atoms with Gasteiger partial charge in [-0.3, -0.25) is 0 Å². The van der Waals surface area contributed by atoms with E-state index in [2.05, 4.69) is 11.6 Å². The lowest BCUT2D eigenvalue weighted by atomic mass is 10.2. The van der Waals surface area contributed by atoms with E-state index >= 15 is 0 Å². The summed E-state index contributed by atoms with van der Waals surface area (Å²) in [5.41, 5.74) is 0.658. The number of sulfonamides is 1. The zero-order valence-electron chi connectivity index (χ0n) is 14.0. The van der Waals surface area contributed by atoms with E-state index in [0.29, 0.717) is 12.2 Å². The van der Waals surface area contributed by atoms with Gasteiger partial charge in [0.25, 0.3) is 10.0 Å². The molecule has 1 aliphatic rings. The Labute approximate surface area is 144 Å². The summed E-state index contributed by atoms with van der Waals surface area (Å²) in [6, 6.07) is 8.85. The molecule has 1 N–H and O–H groups in total. The molecule has 24 heavy (non-hydrogen) atoms. The summed E-state index contributed by atoms with van der Waals surface area (Å²) >= 11 is 0. The Hall–Kier alpha value is -1.84. The molecule has 1 fully saturated rings. The van der Waals surface area contributed by atoms with E-state index in [9.17, 15) is 8.42 Å². The summed E-state index contributed by atoms with van der Waals surface area (Å²) in [5, 5.41) is 9.14.